The van der Waals surface area contributed by atoms with Crippen LogP contribution in [0.3, 0.4) is 0 Å². The molecule has 1 unspecified atom stereocenters. The van der Waals surface area contributed by atoms with Gasteiger partial charge in [0.2, 0.25) is 5.13 Å². The largest absolute Gasteiger partial charge is 0.392 e. The second-order valence-corrected chi connectivity index (χ2v) is 6.69. The monoisotopic (exact) mass is 300 g/mol. The van der Waals surface area contributed by atoms with Crippen molar-refractivity contribution in [3.05, 3.63) is 5.01 Å². The molecule has 2 amide bonds. The number of hydrogen-bond acceptors (Lipinski definition) is 5. The number of aliphatic hydroxyl groups excluding tert-OH is 1. The number of carbonyl (C=O) groups excluding carboxylic acids is 1. The first kappa shape index (κ1) is 16.8. The predicted octanol–water partition coefficient (Wildman–Crippen LogP) is 2.36. The topological polar surface area (TPSA) is 78.4 Å². The number of anilines is 1. The number of nitrogens with zero attached hydrogens (tertiary/aromatic N) is 3. The van der Waals surface area contributed by atoms with E-state index in [1.54, 1.807) is 11.8 Å². The molecule has 6 nitrogen and oxygen atoms in total. The number of aromatic nitrogens is 2. The Hall–Kier alpha value is -1.21. The highest BCUT2D eigenvalue weighted by Crippen LogP contribution is 2.19. The summed E-state index contributed by atoms with van der Waals surface area (Å²) in [6.07, 6.45) is 0.295. The molecule has 0 aromatic carbocycles. The Kier molecular flexibility index (Phi) is 6.35. The van der Waals surface area contributed by atoms with Gasteiger partial charge in [0.15, 0.2) is 0 Å². The van der Waals surface area contributed by atoms with Gasteiger partial charge in [-0.15, -0.1) is 10.2 Å². The van der Waals surface area contributed by atoms with Crippen LogP contribution in [-0.4, -0.2) is 44.9 Å². The number of nitrogens with one attached hydrogen (secondary N) is 1. The molecular weight excluding hydrogens is 276 g/mol. The summed E-state index contributed by atoms with van der Waals surface area (Å²) in [6.45, 7) is 10.00. The van der Waals surface area contributed by atoms with Crippen LogP contribution in [0.2, 0.25) is 0 Å². The van der Waals surface area contributed by atoms with E-state index < -0.39 is 6.10 Å². The summed E-state index contributed by atoms with van der Waals surface area (Å²) in [7, 11) is 0. The van der Waals surface area contributed by atoms with Crippen molar-refractivity contribution in [1.29, 1.82) is 0 Å². The van der Waals surface area contributed by atoms with Crippen molar-refractivity contribution < 1.29 is 9.90 Å². The van der Waals surface area contributed by atoms with Crippen molar-refractivity contribution in [3.63, 3.8) is 0 Å². The lowest BCUT2D eigenvalue weighted by molar-refractivity contribution is 0.125. The van der Waals surface area contributed by atoms with Crippen LogP contribution in [0.25, 0.3) is 0 Å². The lowest BCUT2D eigenvalue weighted by atomic mass is 10.1. The minimum Gasteiger partial charge on any atom is -0.392 e. The zero-order chi connectivity index (χ0) is 15.3. The van der Waals surface area contributed by atoms with Crippen molar-refractivity contribution in [2.24, 2.45) is 5.92 Å². The van der Waals surface area contributed by atoms with Crippen molar-refractivity contribution in [3.8, 4) is 0 Å². The fraction of sp³-hybridized carbons (Fsp3) is 0.769. The average molecular weight is 300 g/mol. The Morgan fingerprint density at radius 3 is 2.45 bits per heavy atom. The molecule has 0 spiro atoms. The third-order valence-corrected chi connectivity index (χ3v) is 3.47. The maximum Gasteiger partial charge on any atom is 0.324 e. The van der Waals surface area contributed by atoms with E-state index >= 15 is 0 Å². The second-order valence-electron chi connectivity index (χ2n) is 5.62. The van der Waals surface area contributed by atoms with E-state index in [-0.39, 0.29) is 12.1 Å². The Labute approximate surface area is 124 Å². The molecule has 1 rings (SSSR count). The third-order valence-electron chi connectivity index (χ3n) is 2.61. The van der Waals surface area contributed by atoms with Crippen molar-refractivity contribution in [1.82, 2.24) is 15.1 Å². The van der Waals surface area contributed by atoms with Gasteiger partial charge in [0.05, 0.1) is 6.10 Å². The van der Waals surface area contributed by atoms with E-state index in [4.69, 9.17) is 0 Å². The van der Waals surface area contributed by atoms with Gasteiger partial charge in [-0.25, -0.2) is 4.79 Å². The molecule has 20 heavy (non-hydrogen) atoms. The molecule has 1 aromatic heterocycles. The van der Waals surface area contributed by atoms with Gasteiger partial charge in [0, 0.05) is 19.0 Å². The van der Waals surface area contributed by atoms with Crippen LogP contribution in [0.4, 0.5) is 9.93 Å². The Morgan fingerprint density at radius 1 is 1.30 bits per heavy atom. The summed E-state index contributed by atoms with van der Waals surface area (Å²) >= 11 is 1.39. The summed E-state index contributed by atoms with van der Waals surface area (Å²) in [5.41, 5.74) is 0. The zero-order valence-corrected chi connectivity index (χ0v) is 13.6. The first-order chi connectivity index (χ1) is 9.29. The van der Waals surface area contributed by atoms with Crippen molar-refractivity contribution >= 4 is 22.5 Å². The fourth-order valence-electron chi connectivity index (χ4n) is 1.71. The van der Waals surface area contributed by atoms with Crippen molar-refractivity contribution in [2.45, 2.75) is 53.2 Å². The summed E-state index contributed by atoms with van der Waals surface area (Å²) in [4.78, 5) is 13.7. The third kappa shape index (κ3) is 5.42. The van der Waals surface area contributed by atoms with Gasteiger partial charge in [-0.2, -0.15) is 0 Å². The molecule has 2 N–H and O–H groups in total. The molecule has 7 heteroatoms. The first-order valence-corrected chi connectivity index (χ1v) is 7.69. The highest BCUT2D eigenvalue weighted by molar-refractivity contribution is 7.15. The van der Waals surface area contributed by atoms with Gasteiger partial charge in [0.25, 0.3) is 0 Å². The van der Waals surface area contributed by atoms with Crippen LogP contribution in [0.15, 0.2) is 0 Å². The zero-order valence-electron chi connectivity index (χ0n) is 12.8. The van der Waals surface area contributed by atoms with Gasteiger partial charge in [-0.1, -0.05) is 25.2 Å². The predicted molar refractivity (Wildman–Crippen MR) is 81.0 cm³/mol. The molecule has 1 atom stereocenters. The van der Waals surface area contributed by atoms with E-state index in [0.717, 1.165) is 11.4 Å². The quantitative estimate of drug-likeness (QED) is 0.845. The van der Waals surface area contributed by atoms with Crippen LogP contribution in [-0.2, 0) is 6.42 Å². The highest BCUT2D eigenvalue weighted by Gasteiger charge is 2.20. The molecular formula is C13H24N4O2S. The number of rotatable bonds is 6. The molecule has 0 fully saturated rings. The summed E-state index contributed by atoms with van der Waals surface area (Å²) in [6, 6.07) is -0.249. The molecule has 0 saturated carbocycles. The second kappa shape index (κ2) is 7.54. The van der Waals surface area contributed by atoms with Gasteiger partial charge >= 0.3 is 6.03 Å². The summed E-state index contributed by atoms with van der Waals surface area (Å²) < 4.78 is 0. The van der Waals surface area contributed by atoms with Crippen LogP contribution in [0.1, 0.15) is 39.6 Å². The number of urea groups is 1. The van der Waals surface area contributed by atoms with E-state index in [1.165, 1.54) is 11.3 Å². The van der Waals surface area contributed by atoms with Crippen molar-refractivity contribution in [2.75, 3.05) is 11.9 Å². The Balaban J connectivity index is 2.65. The fourth-order valence-corrected chi connectivity index (χ4v) is 2.65. The normalized spacial score (nSPS) is 12.8. The Morgan fingerprint density at radius 2 is 1.95 bits per heavy atom. The molecule has 0 radical (unpaired) electrons. The highest BCUT2D eigenvalue weighted by atomic mass is 32.1. The van der Waals surface area contributed by atoms with Crippen LogP contribution in [0, 0.1) is 5.92 Å². The van der Waals surface area contributed by atoms with Crippen LogP contribution < -0.4 is 5.32 Å². The first-order valence-electron chi connectivity index (χ1n) is 6.87. The summed E-state index contributed by atoms with van der Waals surface area (Å²) in [5.74, 6) is 0.508. The van der Waals surface area contributed by atoms with E-state index in [1.807, 2.05) is 13.8 Å². The lowest BCUT2D eigenvalue weighted by Crippen LogP contribution is -2.43. The van der Waals surface area contributed by atoms with Crippen LogP contribution in [0.5, 0.6) is 0 Å². The Bertz CT molecular complexity index is 432. The van der Waals surface area contributed by atoms with E-state index in [0.29, 0.717) is 17.6 Å². The number of hydrogen-bond donors (Lipinski definition) is 2. The van der Waals surface area contributed by atoms with Gasteiger partial charge in [-0.05, 0) is 26.7 Å². The number of carbonyl (C=O) groups is 1. The lowest BCUT2D eigenvalue weighted by Gasteiger charge is -2.27. The SMILES string of the molecule is CC(C)Cc1nnc(NC(=O)N(CC(C)O)C(C)C)s1. The maximum absolute atomic E-state index is 12.2. The molecule has 114 valence electrons. The minimum atomic E-state index is -0.561. The van der Waals surface area contributed by atoms with E-state index in [9.17, 15) is 9.90 Å². The van der Waals surface area contributed by atoms with Gasteiger partial charge < -0.3 is 10.0 Å². The number of aliphatic hydroxyl groups is 1. The minimum absolute atomic E-state index is 0.00709. The standard InChI is InChI=1S/C13H24N4O2S/c1-8(2)6-11-15-16-12(20-11)14-13(19)17(9(3)4)7-10(5)18/h8-10,18H,6-7H2,1-5H3,(H,14,16,19). The molecule has 0 bridgehead atoms. The smallest absolute Gasteiger partial charge is 0.324 e. The average Bonchev–Trinajstić information content (AvgIpc) is 2.71. The molecule has 0 saturated heterocycles. The molecule has 1 aromatic rings. The van der Waals surface area contributed by atoms with E-state index in [2.05, 4.69) is 29.4 Å². The summed E-state index contributed by atoms with van der Waals surface area (Å²) in [5, 5.41) is 21.6. The number of amides is 2. The molecule has 0 aliphatic heterocycles. The molecule has 1 heterocycles. The van der Waals surface area contributed by atoms with Gasteiger partial charge in [-0.3, -0.25) is 5.32 Å². The van der Waals surface area contributed by atoms with Crippen LogP contribution >= 0.6 is 11.3 Å². The molecule has 0 aliphatic rings. The molecule has 0 aliphatic carbocycles. The maximum atomic E-state index is 12.2. The van der Waals surface area contributed by atoms with Gasteiger partial charge in [0.1, 0.15) is 5.01 Å².